The van der Waals surface area contributed by atoms with E-state index in [9.17, 15) is 9.13 Å². The summed E-state index contributed by atoms with van der Waals surface area (Å²) in [6.45, 7) is -0.211. The Hall–Kier alpha value is 0.220. The van der Waals surface area contributed by atoms with Crippen molar-refractivity contribution >= 4 is 15.6 Å². The van der Waals surface area contributed by atoms with E-state index in [1.807, 2.05) is 0 Å². The van der Waals surface area contributed by atoms with Crippen molar-refractivity contribution in [3.63, 3.8) is 0 Å². The molecular weight excluding hydrogens is 310 g/mol. The van der Waals surface area contributed by atoms with Gasteiger partial charge in [-0.15, -0.1) is 0 Å². The van der Waals surface area contributed by atoms with Crippen molar-refractivity contribution in [3.8, 4) is 0 Å². The van der Waals surface area contributed by atoms with Crippen molar-refractivity contribution < 1.29 is 37.4 Å². The number of hydrogen-bond donors (Lipinski definition) is 3. The normalized spacial score (nSPS) is 31.6. The van der Waals surface area contributed by atoms with Gasteiger partial charge in [0.05, 0.1) is 18.8 Å². The molecule has 0 amide bonds. The van der Waals surface area contributed by atoms with Gasteiger partial charge >= 0.3 is 15.6 Å². The lowest BCUT2D eigenvalue weighted by Gasteiger charge is -2.20. The van der Waals surface area contributed by atoms with Crippen LogP contribution in [0.25, 0.3) is 0 Å². The van der Waals surface area contributed by atoms with Gasteiger partial charge in [-0.05, 0) is 31.6 Å². The lowest BCUT2D eigenvalue weighted by molar-refractivity contribution is -0.0130. The highest BCUT2D eigenvalue weighted by atomic mass is 31.3. The van der Waals surface area contributed by atoms with Crippen LogP contribution in [0.5, 0.6) is 0 Å². The zero-order valence-corrected chi connectivity index (χ0v) is 12.7. The molecule has 2 unspecified atom stereocenters. The van der Waals surface area contributed by atoms with E-state index in [1.165, 1.54) is 12.8 Å². The van der Waals surface area contributed by atoms with Crippen LogP contribution in [0.4, 0.5) is 0 Å². The van der Waals surface area contributed by atoms with Crippen molar-refractivity contribution in [1.82, 2.24) is 0 Å². The maximum absolute atomic E-state index is 11.3. The van der Waals surface area contributed by atoms with Gasteiger partial charge in [-0.3, -0.25) is 4.52 Å². The van der Waals surface area contributed by atoms with E-state index in [1.54, 1.807) is 0 Å². The summed E-state index contributed by atoms with van der Waals surface area (Å²) in [4.78, 5) is 26.1. The van der Waals surface area contributed by atoms with E-state index in [0.717, 1.165) is 19.3 Å². The molecule has 10 heteroatoms. The molecule has 1 saturated carbocycles. The molecule has 8 nitrogen and oxygen atoms in total. The quantitative estimate of drug-likeness (QED) is 0.632. The SMILES string of the molecule is O=P(O)(O)OP(=O)(O)OC[C@@H]1CCC(C2CCCC2)O1. The first-order valence-electron chi connectivity index (χ1n) is 6.65. The van der Waals surface area contributed by atoms with Gasteiger partial charge in [0.15, 0.2) is 0 Å². The van der Waals surface area contributed by atoms with Gasteiger partial charge in [-0.25, -0.2) is 9.13 Å². The minimum Gasteiger partial charge on any atom is -0.372 e. The van der Waals surface area contributed by atoms with E-state index in [2.05, 4.69) is 8.83 Å². The summed E-state index contributed by atoms with van der Waals surface area (Å²) >= 11 is 0. The Balaban J connectivity index is 1.75. The standard InChI is InChI=1S/C10H20O8P2/c11-19(12,13)18-20(14,15)16-7-9-5-6-10(17-9)8-3-1-2-4-8/h8-10H,1-7H2,(H,14,15)(H2,11,12,13)/t9-,10?/m0/s1. The van der Waals surface area contributed by atoms with Gasteiger partial charge in [0.2, 0.25) is 0 Å². The monoisotopic (exact) mass is 330 g/mol. The molecule has 1 aliphatic carbocycles. The van der Waals surface area contributed by atoms with Gasteiger partial charge in [-0.2, -0.15) is 4.31 Å². The summed E-state index contributed by atoms with van der Waals surface area (Å²) in [5, 5.41) is 0. The van der Waals surface area contributed by atoms with Crippen LogP contribution in [0.15, 0.2) is 0 Å². The topological polar surface area (TPSA) is 123 Å². The second-order valence-electron chi connectivity index (χ2n) is 5.25. The smallest absolute Gasteiger partial charge is 0.372 e. The molecule has 3 atom stereocenters. The van der Waals surface area contributed by atoms with Crippen LogP contribution in [0.1, 0.15) is 38.5 Å². The lowest BCUT2D eigenvalue weighted by Crippen LogP contribution is -2.21. The van der Waals surface area contributed by atoms with Gasteiger partial charge < -0.3 is 19.4 Å². The fourth-order valence-corrected chi connectivity index (χ4v) is 4.49. The summed E-state index contributed by atoms with van der Waals surface area (Å²) in [5.41, 5.74) is 0. The number of rotatable bonds is 6. The Kier molecular flexibility index (Phi) is 5.43. The van der Waals surface area contributed by atoms with Crippen LogP contribution in [0, 0.1) is 5.92 Å². The molecule has 0 aromatic heterocycles. The third-order valence-corrected chi connectivity index (χ3v) is 5.85. The summed E-state index contributed by atoms with van der Waals surface area (Å²) in [5.74, 6) is 0.548. The molecule has 0 aromatic rings. The summed E-state index contributed by atoms with van der Waals surface area (Å²) in [6, 6.07) is 0. The largest absolute Gasteiger partial charge is 0.481 e. The van der Waals surface area contributed by atoms with Crippen LogP contribution in [0.2, 0.25) is 0 Å². The van der Waals surface area contributed by atoms with Gasteiger partial charge in [-0.1, -0.05) is 12.8 Å². The number of phosphoric acid groups is 2. The Bertz CT molecular complexity index is 415. The molecule has 1 heterocycles. The van der Waals surface area contributed by atoms with E-state index in [0.29, 0.717) is 12.3 Å². The molecule has 0 bridgehead atoms. The zero-order chi connectivity index (χ0) is 14.8. The maximum Gasteiger partial charge on any atom is 0.481 e. The molecule has 3 N–H and O–H groups in total. The Morgan fingerprint density at radius 1 is 1.05 bits per heavy atom. The fourth-order valence-electron chi connectivity index (χ4n) is 2.87. The molecule has 0 spiro atoms. The highest BCUT2D eigenvalue weighted by molar-refractivity contribution is 7.60. The molecule has 1 saturated heterocycles. The minimum absolute atomic E-state index is 0.159. The van der Waals surface area contributed by atoms with E-state index in [-0.39, 0.29) is 18.8 Å². The minimum atomic E-state index is -5.06. The van der Waals surface area contributed by atoms with Crippen LogP contribution >= 0.6 is 15.6 Å². The average Bonchev–Trinajstić information content (AvgIpc) is 2.94. The predicted octanol–water partition coefficient (Wildman–Crippen LogP) is 1.95. The molecule has 0 radical (unpaired) electrons. The fraction of sp³-hybridized carbons (Fsp3) is 1.00. The third-order valence-electron chi connectivity index (χ3n) is 3.70. The van der Waals surface area contributed by atoms with Crippen molar-refractivity contribution in [2.75, 3.05) is 6.61 Å². The van der Waals surface area contributed by atoms with Crippen molar-refractivity contribution in [2.45, 2.75) is 50.7 Å². The molecular formula is C10H20O8P2. The first-order chi connectivity index (χ1) is 9.25. The van der Waals surface area contributed by atoms with E-state index in [4.69, 9.17) is 19.4 Å². The molecule has 1 aliphatic heterocycles. The lowest BCUT2D eigenvalue weighted by atomic mass is 9.98. The zero-order valence-electron chi connectivity index (χ0n) is 11.0. The maximum atomic E-state index is 11.3. The summed E-state index contributed by atoms with van der Waals surface area (Å²) < 4.78 is 35.8. The number of hydrogen-bond acceptors (Lipinski definition) is 5. The summed E-state index contributed by atoms with van der Waals surface area (Å²) in [7, 11) is -9.81. The second-order valence-corrected chi connectivity index (χ2v) is 8.08. The van der Waals surface area contributed by atoms with Crippen molar-refractivity contribution in [2.24, 2.45) is 5.92 Å². The highest BCUT2D eigenvalue weighted by Crippen LogP contribution is 2.57. The van der Waals surface area contributed by atoms with Gasteiger partial charge in [0.25, 0.3) is 0 Å². The third kappa shape index (κ3) is 5.20. The molecule has 0 aromatic carbocycles. The molecule has 118 valence electrons. The first kappa shape index (κ1) is 16.6. The highest BCUT2D eigenvalue weighted by Gasteiger charge is 2.36. The van der Waals surface area contributed by atoms with Crippen LogP contribution in [0.3, 0.4) is 0 Å². The predicted molar refractivity (Wildman–Crippen MR) is 68.8 cm³/mol. The number of ether oxygens (including phenoxy) is 1. The molecule has 2 fully saturated rings. The van der Waals surface area contributed by atoms with E-state index < -0.39 is 15.6 Å². The van der Waals surface area contributed by atoms with Crippen molar-refractivity contribution in [3.05, 3.63) is 0 Å². The second kappa shape index (κ2) is 6.55. The van der Waals surface area contributed by atoms with Gasteiger partial charge in [0.1, 0.15) is 0 Å². The number of phosphoric ester groups is 1. The average molecular weight is 330 g/mol. The Labute approximate surface area is 117 Å². The van der Waals surface area contributed by atoms with Gasteiger partial charge in [0, 0.05) is 0 Å². The van der Waals surface area contributed by atoms with Crippen LogP contribution in [-0.2, 0) is 22.7 Å². The van der Waals surface area contributed by atoms with Crippen LogP contribution in [-0.4, -0.2) is 33.5 Å². The van der Waals surface area contributed by atoms with Crippen molar-refractivity contribution in [1.29, 1.82) is 0 Å². The Morgan fingerprint density at radius 3 is 2.30 bits per heavy atom. The van der Waals surface area contributed by atoms with E-state index >= 15 is 0 Å². The molecule has 2 rings (SSSR count). The summed E-state index contributed by atoms with van der Waals surface area (Å²) in [6.07, 6.45) is 6.15. The Morgan fingerprint density at radius 2 is 1.70 bits per heavy atom. The first-order valence-corrected chi connectivity index (χ1v) is 9.67. The van der Waals surface area contributed by atoms with Crippen LogP contribution < -0.4 is 0 Å². The molecule has 20 heavy (non-hydrogen) atoms. The molecule has 2 aliphatic rings.